The van der Waals surface area contributed by atoms with Crippen molar-refractivity contribution in [1.29, 1.82) is 0 Å². The van der Waals surface area contributed by atoms with Gasteiger partial charge in [0.25, 0.3) is 0 Å². The highest BCUT2D eigenvalue weighted by atomic mass is 127. The minimum absolute atomic E-state index is 0. The fourth-order valence-corrected chi connectivity index (χ4v) is 5.80. The van der Waals surface area contributed by atoms with Crippen LogP contribution in [0, 0.1) is 17.5 Å². The van der Waals surface area contributed by atoms with Crippen molar-refractivity contribution < 1.29 is 37.1 Å². The lowest BCUT2D eigenvalue weighted by atomic mass is 10.3. The van der Waals surface area contributed by atoms with Gasteiger partial charge in [-0.1, -0.05) is 0 Å². The second-order valence-electron chi connectivity index (χ2n) is 5.44. The topological polar surface area (TPSA) is 0 Å². The zero-order valence-corrected chi connectivity index (χ0v) is 15.9. The lowest BCUT2D eigenvalue weighted by molar-refractivity contribution is -0.00000637. The number of hydrogen-bond donors (Lipinski definition) is 0. The zero-order chi connectivity index (χ0) is 16.4. The van der Waals surface area contributed by atoms with Crippen molar-refractivity contribution in [3.05, 3.63) is 90.2 Å². The fraction of sp³-hybridized carbons (Fsp3) is 0.0526. The molecule has 24 heavy (non-hydrogen) atoms. The molecule has 0 aliphatic carbocycles. The first kappa shape index (κ1) is 18.9. The average Bonchev–Trinajstić information content (AvgIpc) is 2.56. The van der Waals surface area contributed by atoms with Gasteiger partial charge in [0.2, 0.25) is 0 Å². The molecule has 0 aromatic heterocycles. The summed E-state index contributed by atoms with van der Waals surface area (Å²) in [5, 5.41) is 2.87. The Morgan fingerprint density at radius 1 is 0.500 bits per heavy atom. The highest BCUT2D eigenvalue weighted by Gasteiger charge is 2.40. The summed E-state index contributed by atoms with van der Waals surface area (Å²) in [4.78, 5) is 0. The molecule has 0 heterocycles. The van der Waals surface area contributed by atoms with Crippen LogP contribution in [0.4, 0.5) is 13.2 Å². The van der Waals surface area contributed by atoms with Crippen LogP contribution < -0.4 is 39.9 Å². The monoisotopic (exact) mass is 458 g/mol. The predicted octanol–water partition coefficient (Wildman–Crippen LogP) is 1.03. The summed E-state index contributed by atoms with van der Waals surface area (Å²) in [6.07, 6.45) is 0. The molecule has 0 radical (unpaired) electrons. The van der Waals surface area contributed by atoms with Gasteiger partial charge in [0, 0.05) is 0 Å². The third-order valence-corrected chi connectivity index (χ3v) is 8.02. The molecule has 5 heteroatoms. The van der Waals surface area contributed by atoms with Crippen LogP contribution in [0.1, 0.15) is 0 Å². The number of halogens is 4. The molecule has 0 nitrogen and oxygen atoms in total. The summed E-state index contributed by atoms with van der Waals surface area (Å²) in [6, 6.07) is 19.0. The number of benzene rings is 3. The van der Waals surface area contributed by atoms with Crippen LogP contribution >= 0.6 is 7.26 Å². The maximum absolute atomic E-state index is 13.3. The number of hydrogen-bond acceptors (Lipinski definition) is 0. The van der Waals surface area contributed by atoms with Crippen LogP contribution in [0.15, 0.2) is 72.8 Å². The van der Waals surface area contributed by atoms with Crippen molar-refractivity contribution in [2.45, 2.75) is 0 Å². The molecular weight excluding hydrogens is 443 g/mol. The van der Waals surface area contributed by atoms with Gasteiger partial charge in [0.05, 0.1) is 6.66 Å². The van der Waals surface area contributed by atoms with E-state index in [1.807, 2.05) is 0 Å². The van der Waals surface area contributed by atoms with Gasteiger partial charge < -0.3 is 24.0 Å². The fourth-order valence-electron chi connectivity index (χ4n) is 2.66. The summed E-state index contributed by atoms with van der Waals surface area (Å²) in [6.45, 7) is 2.07. The minimum Gasteiger partial charge on any atom is -1.00 e. The van der Waals surface area contributed by atoms with E-state index in [1.54, 1.807) is 36.4 Å². The van der Waals surface area contributed by atoms with E-state index in [0.717, 1.165) is 15.9 Å². The normalized spacial score (nSPS) is 11.0. The summed E-state index contributed by atoms with van der Waals surface area (Å²) in [7, 11) is -2.09. The molecular formula is C19H15F3IP. The summed E-state index contributed by atoms with van der Waals surface area (Å²) in [5.74, 6) is -0.921. The highest BCUT2D eigenvalue weighted by molar-refractivity contribution is 7.95. The molecule has 0 unspecified atom stereocenters. The van der Waals surface area contributed by atoms with Crippen LogP contribution in [0.2, 0.25) is 0 Å². The van der Waals surface area contributed by atoms with E-state index < -0.39 is 7.26 Å². The van der Waals surface area contributed by atoms with Gasteiger partial charge in [-0.15, -0.1) is 0 Å². The van der Waals surface area contributed by atoms with Gasteiger partial charge in [-0.25, -0.2) is 13.2 Å². The van der Waals surface area contributed by atoms with Crippen LogP contribution in [0.3, 0.4) is 0 Å². The van der Waals surface area contributed by atoms with Crippen LogP contribution in [0.25, 0.3) is 0 Å². The van der Waals surface area contributed by atoms with E-state index in [0.29, 0.717) is 0 Å². The predicted molar refractivity (Wildman–Crippen MR) is 90.9 cm³/mol. The minimum atomic E-state index is -2.09. The lowest BCUT2D eigenvalue weighted by Crippen LogP contribution is -3.00. The largest absolute Gasteiger partial charge is 1.00 e. The smallest absolute Gasteiger partial charge is 0.123 e. The molecule has 0 saturated heterocycles. The van der Waals surface area contributed by atoms with Gasteiger partial charge in [-0.05, 0) is 72.8 Å². The summed E-state index contributed by atoms with van der Waals surface area (Å²) in [5.41, 5.74) is 0. The first-order chi connectivity index (χ1) is 11.0. The Morgan fingerprint density at radius 3 is 0.917 bits per heavy atom. The van der Waals surface area contributed by atoms with Gasteiger partial charge in [0.1, 0.15) is 40.6 Å². The Balaban J connectivity index is 0.00000208. The molecule has 0 aliphatic heterocycles. The molecule has 0 N–H and O–H groups in total. The Bertz CT molecular complexity index is 689. The van der Waals surface area contributed by atoms with E-state index in [2.05, 4.69) is 6.66 Å². The van der Waals surface area contributed by atoms with Gasteiger partial charge in [-0.2, -0.15) is 0 Å². The van der Waals surface area contributed by atoms with Crippen molar-refractivity contribution in [2.24, 2.45) is 0 Å². The van der Waals surface area contributed by atoms with Crippen LogP contribution in [-0.4, -0.2) is 6.66 Å². The molecule has 0 amide bonds. The first-order valence-corrected chi connectivity index (χ1v) is 9.39. The molecule has 0 saturated carbocycles. The Labute approximate surface area is 157 Å². The zero-order valence-electron chi connectivity index (χ0n) is 12.9. The molecule has 0 aliphatic rings. The summed E-state index contributed by atoms with van der Waals surface area (Å²) < 4.78 is 39.9. The van der Waals surface area contributed by atoms with Crippen molar-refractivity contribution in [1.82, 2.24) is 0 Å². The third-order valence-electron chi connectivity index (χ3n) is 4.03. The second kappa shape index (κ2) is 7.66. The standard InChI is InChI=1S/C19H15F3P.HI/c1-23(17-8-2-14(20)3-9-17,18-10-4-15(21)5-11-18)19-12-6-16(22)7-13-19;/h2-13H,1H3;1H/q+1;/p-1. The van der Waals surface area contributed by atoms with Gasteiger partial charge in [-0.3, -0.25) is 0 Å². The molecule has 3 aromatic rings. The Hall–Kier alpha value is -1.39. The van der Waals surface area contributed by atoms with E-state index in [1.165, 1.54) is 36.4 Å². The quantitative estimate of drug-likeness (QED) is 0.407. The van der Waals surface area contributed by atoms with Crippen molar-refractivity contribution in [3.63, 3.8) is 0 Å². The molecule has 0 bridgehead atoms. The van der Waals surface area contributed by atoms with E-state index in [4.69, 9.17) is 0 Å². The third kappa shape index (κ3) is 3.65. The first-order valence-electron chi connectivity index (χ1n) is 7.15. The Morgan fingerprint density at radius 2 is 0.708 bits per heavy atom. The molecule has 0 fully saturated rings. The lowest BCUT2D eigenvalue weighted by Gasteiger charge is -2.23. The Kier molecular flexibility index (Phi) is 6.05. The van der Waals surface area contributed by atoms with E-state index in [-0.39, 0.29) is 41.4 Å². The maximum Gasteiger partial charge on any atom is 0.123 e. The van der Waals surface area contributed by atoms with Crippen molar-refractivity contribution in [3.8, 4) is 0 Å². The maximum atomic E-state index is 13.3. The highest BCUT2D eigenvalue weighted by Crippen LogP contribution is 2.51. The second-order valence-corrected chi connectivity index (χ2v) is 9.00. The van der Waals surface area contributed by atoms with Crippen molar-refractivity contribution >= 4 is 23.2 Å². The van der Waals surface area contributed by atoms with E-state index in [9.17, 15) is 13.2 Å². The van der Waals surface area contributed by atoms with E-state index >= 15 is 0 Å². The summed E-state index contributed by atoms with van der Waals surface area (Å²) >= 11 is 0. The van der Waals surface area contributed by atoms with Crippen LogP contribution in [0.5, 0.6) is 0 Å². The van der Waals surface area contributed by atoms with Crippen molar-refractivity contribution in [2.75, 3.05) is 6.66 Å². The molecule has 0 spiro atoms. The molecule has 124 valence electrons. The molecule has 3 rings (SSSR count). The molecule has 0 atom stereocenters. The molecule has 3 aromatic carbocycles. The van der Waals surface area contributed by atoms with Crippen LogP contribution in [-0.2, 0) is 0 Å². The average molecular weight is 458 g/mol. The number of rotatable bonds is 3. The van der Waals surface area contributed by atoms with Gasteiger partial charge >= 0.3 is 0 Å². The SMILES string of the molecule is C[P+](c1ccc(F)cc1)(c1ccc(F)cc1)c1ccc(F)cc1.[I-]. The van der Waals surface area contributed by atoms with Gasteiger partial charge in [0.15, 0.2) is 0 Å².